The number of nitrogens with one attached hydrogen (secondary N) is 1. The van der Waals surface area contributed by atoms with Gasteiger partial charge in [-0.15, -0.1) is 0 Å². The van der Waals surface area contributed by atoms with E-state index in [0.29, 0.717) is 23.7 Å². The highest BCUT2D eigenvalue weighted by atomic mass is 16.3. The largest absolute Gasteiger partial charge is 0.393 e. The second-order valence-electron chi connectivity index (χ2n) is 13.5. The topological polar surface area (TPSA) is 55.7 Å². The standard InChI is InChI=1S/C32H48N2O2/c1-19-15-30(36)31(34(18-19)14-13-33-23-6-7-23)21(3)25-9-10-26-27-8-5-22-16-24(35)11-12-32(22,4)29(27)17-28(26)20(25)2/h5,9-10,19,21,23-24,27,29-31,33,35-36H,6-8,11-18H2,1-4H3/t19-,21-,24-,27-,29-,30+,31-,32-/m0/s1. The highest BCUT2D eigenvalue weighted by Crippen LogP contribution is 2.60. The second-order valence-corrected chi connectivity index (χ2v) is 13.5. The monoisotopic (exact) mass is 492 g/mol. The minimum Gasteiger partial charge on any atom is -0.393 e. The predicted octanol–water partition coefficient (Wildman–Crippen LogP) is 5.06. The lowest BCUT2D eigenvalue weighted by Crippen LogP contribution is -2.55. The number of likely N-dealkylation sites (tertiary alicyclic amines) is 1. The highest BCUT2D eigenvalue weighted by molar-refractivity contribution is 5.50. The van der Waals surface area contributed by atoms with E-state index in [1.54, 1.807) is 11.1 Å². The molecule has 0 spiro atoms. The number of benzene rings is 1. The fourth-order valence-corrected chi connectivity index (χ4v) is 8.84. The Hall–Kier alpha value is -1.20. The molecule has 4 nitrogen and oxygen atoms in total. The number of rotatable bonds is 6. The summed E-state index contributed by atoms with van der Waals surface area (Å²) >= 11 is 0. The second kappa shape index (κ2) is 9.52. The van der Waals surface area contributed by atoms with Crippen LogP contribution in [0.2, 0.25) is 0 Å². The van der Waals surface area contributed by atoms with Crippen LogP contribution in [-0.4, -0.2) is 59.0 Å². The van der Waals surface area contributed by atoms with Gasteiger partial charge in [0.1, 0.15) is 0 Å². The first-order valence-corrected chi connectivity index (χ1v) is 14.9. The third kappa shape index (κ3) is 4.30. The zero-order valence-electron chi connectivity index (χ0n) is 23.0. The number of fused-ring (bicyclic) bond motifs is 5. The molecule has 0 radical (unpaired) electrons. The summed E-state index contributed by atoms with van der Waals surface area (Å²) in [6, 6.07) is 5.79. The molecule has 3 N–H and O–H groups in total. The first-order chi connectivity index (χ1) is 17.3. The Kier molecular flexibility index (Phi) is 6.64. The average molecular weight is 493 g/mol. The Morgan fingerprint density at radius 3 is 2.75 bits per heavy atom. The number of hydrogen-bond donors (Lipinski definition) is 3. The van der Waals surface area contributed by atoms with Crippen molar-refractivity contribution in [2.45, 2.75) is 115 Å². The summed E-state index contributed by atoms with van der Waals surface area (Å²) in [4.78, 5) is 2.59. The molecule has 0 amide bonds. The molecule has 0 aromatic heterocycles. The summed E-state index contributed by atoms with van der Waals surface area (Å²) in [7, 11) is 0. The number of allylic oxidation sites excluding steroid dienone is 1. The smallest absolute Gasteiger partial charge is 0.0704 e. The number of piperidine rings is 1. The van der Waals surface area contributed by atoms with E-state index in [2.05, 4.69) is 56.1 Å². The molecule has 4 heteroatoms. The van der Waals surface area contributed by atoms with Gasteiger partial charge in [-0.05, 0) is 110 Å². The van der Waals surface area contributed by atoms with Crippen LogP contribution in [0.5, 0.6) is 0 Å². The summed E-state index contributed by atoms with van der Waals surface area (Å²) in [5.74, 6) is 2.15. The van der Waals surface area contributed by atoms with Gasteiger partial charge in [0.25, 0.3) is 0 Å². The fourth-order valence-electron chi connectivity index (χ4n) is 8.84. The number of nitrogens with zero attached hydrogens (tertiary/aromatic N) is 1. The fraction of sp³-hybridized carbons (Fsp3) is 0.750. The zero-order chi connectivity index (χ0) is 25.2. The van der Waals surface area contributed by atoms with E-state index in [1.165, 1.54) is 36.0 Å². The van der Waals surface area contributed by atoms with Crippen molar-refractivity contribution in [3.63, 3.8) is 0 Å². The average Bonchev–Trinajstić information content (AvgIpc) is 3.57. The van der Waals surface area contributed by atoms with E-state index < -0.39 is 0 Å². The van der Waals surface area contributed by atoms with E-state index in [0.717, 1.165) is 57.8 Å². The summed E-state index contributed by atoms with van der Waals surface area (Å²) in [5, 5.41) is 25.3. The van der Waals surface area contributed by atoms with E-state index in [9.17, 15) is 10.2 Å². The molecule has 1 saturated heterocycles. The lowest BCUT2D eigenvalue weighted by atomic mass is 9.57. The molecule has 0 unspecified atom stereocenters. The molecule has 1 aliphatic heterocycles. The Balaban J connectivity index is 1.25. The lowest BCUT2D eigenvalue weighted by molar-refractivity contribution is -0.0204. The molecule has 3 fully saturated rings. The molecule has 6 rings (SSSR count). The molecule has 2 saturated carbocycles. The van der Waals surface area contributed by atoms with Crippen LogP contribution < -0.4 is 5.32 Å². The Morgan fingerprint density at radius 2 is 1.97 bits per heavy atom. The predicted molar refractivity (Wildman–Crippen MR) is 146 cm³/mol. The van der Waals surface area contributed by atoms with Gasteiger partial charge in [0, 0.05) is 31.7 Å². The third-order valence-electron chi connectivity index (χ3n) is 11.0. The van der Waals surface area contributed by atoms with Gasteiger partial charge in [-0.1, -0.05) is 44.6 Å². The first-order valence-electron chi connectivity index (χ1n) is 14.9. The van der Waals surface area contributed by atoms with Gasteiger partial charge in [0.15, 0.2) is 0 Å². The van der Waals surface area contributed by atoms with Crippen molar-refractivity contribution in [3.8, 4) is 0 Å². The van der Waals surface area contributed by atoms with Crippen LogP contribution >= 0.6 is 0 Å². The lowest BCUT2D eigenvalue weighted by Gasteiger charge is -2.48. The van der Waals surface area contributed by atoms with Crippen molar-refractivity contribution < 1.29 is 10.2 Å². The molecule has 1 aromatic carbocycles. The molecule has 198 valence electrons. The summed E-state index contributed by atoms with van der Waals surface area (Å²) in [6.45, 7) is 12.7. The SMILES string of the molecule is Cc1c([C@H](C)[C@H]2[C@H](O)C[C@H](C)CN2CCNC2CC2)ccc2c1C[C@H]1[C@H]2CC=C2C[C@@H](O)CC[C@@]21C. The number of aliphatic hydroxyl groups is 2. The van der Waals surface area contributed by atoms with Crippen LogP contribution in [-0.2, 0) is 6.42 Å². The third-order valence-corrected chi connectivity index (χ3v) is 11.0. The van der Waals surface area contributed by atoms with Gasteiger partial charge in [0.2, 0.25) is 0 Å². The van der Waals surface area contributed by atoms with Crippen LogP contribution in [0, 0.1) is 24.2 Å². The van der Waals surface area contributed by atoms with Gasteiger partial charge in [-0.2, -0.15) is 0 Å². The normalized spacial score (nSPS) is 39.2. The molecule has 1 aromatic rings. The molecular weight excluding hydrogens is 444 g/mol. The van der Waals surface area contributed by atoms with Gasteiger partial charge < -0.3 is 15.5 Å². The molecule has 5 aliphatic rings. The van der Waals surface area contributed by atoms with E-state index in [-0.39, 0.29) is 23.7 Å². The molecule has 0 bridgehead atoms. The Bertz CT molecular complexity index is 1020. The number of aliphatic hydroxyl groups excluding tert-OH is 2. The van der Waals surface area contributed by atoms with E-state index in [4.69, 9.17) is 0 Å². The number of hydrogen-bond acceptors (Lipinski definition) is 4. The molecule has 1 heterocycles. The van der Waals surface area contributed by atoms with Gasteiger partial charge in [0.05, 0.1) is 12.2 Å². The molecule has 36 heavy (non-hydrogen) atoms. The first kappa shape index (κ1) is 25.1. The zero-order valence-corrected chi connectivity index (χ0v) is 23.0. The van der Waals surface area contributed by atoms with Gasteiger partial charge >= 0.3 is 0 Å². The molecular formula is C32H48N2O2. The van der Waals surface area contributed by atoms with Crippen LogP contribution in [0.4, 0.5) is 0 Å². The van der Waals surface area contributed by atoms with Crippen LogP contribution in [0.1, 0.15) is 99.8 Å². The van der Waals surface area contributed by atoms with Gasteiger partial charge in [-0.25, -0.2) is 0 Å². The Morgan fingerprint density at radius 1 is 1.17 bits per heavy atom. The Labute approximate surface area is 218 Å². The molecule has 4 aliphatic carbocycles. The maximum Gasteiger partial charge on any atom is 0.0704 e. The molecule has 8 atom stereocenters. The maximum absolute atomic E-state index is 11.3. The van der Waals surface area contributed by atoms with Crippen molar-refractivity contribution >= 4 is 0 Å². The highest BCUT2D eigenvalue weighted by Gasteiger charge is 2.50. The van der Waals surface area contributed by atoms with Crippen molar-refractivity contribution in [1.29, 1.82) is 0 Å². The summed E-state index contributed by atoms with van der Waals surface area (Å²) in [6.07, 6.45) is 10.9. The minimum atomic E-state index is -0.265. The summed E-state index contributed by atoms with van der Waals surface area (Å²) in [5.41, 5.74) is 7.87. The maximum atomic E-state index is 11.3. The van der Waals surface area contributed by atoms with Crippen molar-refractivity contribution in [2.75, 3.05) is 19.6 Å². The summed E-state index contributed by atoms with van der Waals surface area (Å²) < 4.78 is 0. The minimum absolute atomic E-state index is 0.147. The van der Waals surface area contributed by atoms with E-state index >= 15 is 0 Å². The van der Waals surface area contributed by atoms with Crippen LogP contribution in [0.25, 0.3) is 0 Å². The van der Waals surface area contributed by atoms with Crippen LogP contribution in [0.15, 0.2) is 23.8 Å². The van der Waals surface area contributed by atoms with Crippen molar-refractivity contribution in [3.05, 3.63) is 46.0 Å². The van der Waals surface area contributed by atoms with Crippen LogP contribution in [0.3, 0.4) is 0 Å². The van der Waals surface area contributed by atoms with Crippen molar-refractivity contribution in [1.82, 2.24) is 10.2 Å². The quantitative estimate of drug-likeness (QED) is 0.486. The van der Waals surface area contributed by atoms with E-state index in [1.807, 2.05) is 0 Å². The van der Waals surface area contributed by atoms with Crippen molar-refractivity contribution in [2.24, 2.45) is 17.3 Å². The van der Waals surface area contributed by atoms with Gasteiger partial charge in [-0.3, -0.25) is 4.90 Å².